The Balaban J connectivity index is 0.000000426. The zero-order valence-electron chi connectivity index (χ0n) is 20.3. The van der Waals surface area contributed by atoms with Crippen molar-refractivity contribution in [3.05, 3.63) is 71.5 Å². The molecule has 2 aliphatic rings. The second-order valence-corrected chi connectivity index (χ2v) is 11.5. The standard InChI is InChI=1S/C23H26N4O2S2.C2HF3O2/c28-31(29,26-23-24-16-25-30-23)19-12-13-20-18(15-19)9-6-11-22(20)27-14-5-4-10-21(27)17-7-2-1-3-8-17;3-2(4,5)1(6)7/h1-3,7-8,12-13,15-16,21-22H,4-6,9-11,14H2,(H,24,25,26);(H,6,7)/t21-,22+;/m0./s1. The molecule has 5 rings (SSSR count). The van der Waals surface area contributed by atoms with Crippen molar-refractivity contribution in [3.8, 4) is 0 Å². The van der Waals surface area contributed by atoms with Gasteiger partial charge in [-0.3, -0.25) is 9.62 Å². The van der Waals surface area contributed by atoms with Crippen LogP contribution in [0.3, 0.4) is 0 Å². The van der Waals surface area contributed by atoms with Crippen LogP contribution in [0.2, 0.25) is 0 Å². The molecule has 0 unspecified atom stereocenters. The molecule has 2 heterocycles. The molecule has 0 spiro atoms. The Morgan fingerprint density at radius 1 is 1.05 bits per heavy atom. The molecule has 1 saturated heterocycles. The number of carbonyl (C=O) groups is 1. The molecular weight excluding hydrogens is 541 g/mol. The summed E-state index contributed by atoms with van der Waals surface area (Å²) in [6, 6.07) is 17.2. The van der Waals surface area contributed by atoms with E-state index in [4.69, 9.17) is 9.90 Å². The first-order chi connectivity index (χ1) is 18.1. The number of benzene rings is 2. The topological polar surface area (TPSA) is 112 Å². The largest absolute Gasteiger partial charge is 0.490 e. The van der Waals surface area contributed by atoms with Gasteiger partial charge < -0.3 is 5.11 Å². The quantitative estimate of drug-likeness (QED) is 0.413. The summed E-state index contributed by atoms with van der Waals surface area (Å²) < 4.78 is 63.8. The van der Waals surface area contributed by atoms with Crippen LogP contribution < -0.4 is 4.72 Å². The molecule has 204 valence electrons. The lowest BCUT2D eigenvalue weighted by molar-refractivity contribution is -0.192. The van der Waals surface area contributed by atoms with Gasteiger partial charge in [-0.1, -0.05) is 42.8 Å². The third-order valence-corrected chi connectivity index (χ3v) is 8.71. The number of rotatable bonds is 5. The molecule has 0 radical (unpaired) electrons. The first-order valence-electron chi connectivity index (χ1n) is 12.1. The van der Waals surface area contributed by atoms with Gasteiger partial charge >= 0.3 is 12.1 Å². The Labute approximate surface area is 222 Å². The number of piperidine rings is 1. The SMILES string of the molecule is O=C(O)C(F)(F)F.O=S(=O)(Nc1ncns1)c1ccc2c(c1)CCC[C@H]2N1CCCC[C@H]1c1ccccc1. The van der Waals surface area contributed by atoms with E-state index in [1.807, 2.05) is 12.1 Å². The van der Waals surface area contributed by atoms with Crippen molar-refractivity contribution < 1.29 is 31.5 Å². The van der Waals surface area contributed by atoms with Crippen LogP contribution in [-0.4, -0.2) is 46.5 Å². The second kappa shape index (κ2) is 11.8. The van der Waals surface area contributed by atoms with E-state index in [-0.39, 0.29) is 5.13 Å². The summed E-state index contributed by atoms with van der Waals surface area (Å²) >= 11 is 1.03. The summed E-state index contributed by atoms with van der Waals surface area (Å²) in [5.74, 6) is -2.76. The number of sulfonamides is 1. The smallest absolute Gasteiger partial charge is 0.475 e. The first kappa shape index (κ1) is 28.0. The van der Waals surface area contributed by atoms with Gasteiger partial charge in [0.05, 0.1) is 4.90 Å². The molecule has 0 bridgehead atoms. The predicted octanol–water partition coefficient (Wildman–Crippen LogP) is 5.58. The number of aryl methyl sites for hydroxylation is 1. The molecule has 2 atom stereocenters. The molecule has 1 aliphatic heterocycles. The maximum atomic E-state index is 12.8. The van der Waals surface area contributed by atoms with Gasteiger partial charge in [-0.2, -0.15) is 17.5 Å². The Morgan fingerprint density at radius 2 is 1.76 bits per heavy atom. The highest BCUT2D eigenvalue weighted by Crippen LogP contribution is 2.43. The maximum Gasteiger partial charge on any atom is 0.490 e. The van der Waals surface area contributed by atoms with Gasteiger partial charge in [0.15, 0.2) is 0 Å². The zero-order chi connectivity index (χ0) is 27.3. The van der Waals surface area contributed by atoms with Crippen LogP contribution in [-0.2, 0) is 21.2 Å². The van der Waals surface area contributed by atoms with Crippen LogP contribution in [0.25, 0.3) is 0 Å². The van der Waals surface area contributed by atoms with Gasteiger partial charge in [-0.25, -0.2) is 18.2 Å². The van der Waals surface area contributed by atoms with Crippen molar-refractivity contribution in [1.82, 2.24) is 14.3 Å². The molecule has 1 aliphatic carbocycles. The number of likely N-dealkylation sites (tertiary alicyclic amines) is 1. The van der Waals surface area contributed by atoms with Gasteiger partial charge in [0.1, 0.15) is 6.33 Å². The van der Waals surface area contributed by atoms with Crippen LogP contribution in [0.15, 0.2) is 59.8 Å². The summed E-state index contributed by atoms with van der Waals surface area (Å²) in [7, 11) is -3.67. The number of hydrogen-bond acceptors (Lipinski definition) is 7. The summed E-state index contributed by atoms with van der Waals surface area (Å²) in [6.45, 7) is 1.09. The van der Waals surface area contributed by atoms with E-state index in [9.17, 15) is 21.6 Å². The number of hydrogen-bond donors (Lipinski definition) is 2. The van der Waals surface area contributed by atoms with Crippen molar-refractivity contribution in [2.24, 2.45) is 0 Å². The number of halogens is 3. The number of carboxylic acid groups (broad SMARTS) is 1. The summed E-state index contributed by atoms with van der Waals surface area (Å²) in [5.41, 5.74) is 3.81. The van der Waals surface area contributed by atoms with Crippen molar-refractivity contribution in [2.75, 3.05) is 11.3 Å². The molecule has 13 heteroatoms. The van der Waals surface area contributed by atoms with Gasteiger partial charge in [0.2, 0.25) is 5.13 Å². The Kier molecular flexibility index (Phi) is 8.68. The fourth-order valence-corrected chi connectivity index (χ4v) is 6.74. The first-order valence-corrected chi connectivity index (χ1v) is 14.3. The van der Waals surface area contributed by atoms with E-state index in [1.54, 1.807) is 6.07 Å². The Bertz CT molecular complexity index is 1340. The Morgan fingerprint density at radius 3 is 2.42 bits per heavy atom. The fraction of sp³-hybridized carbons (Fsp3) is 0.400. The van der Waals surface area contributed by atoms with E-state index < -0.39 is 22.2 Å². The maximum absolute atomic E-state index is 12.8. The molecule has 1 fully saturated rings. The van der Waals surface area contributed by atoms with E-state index in [1.165, 1.54) is 36.7 Å². The lowest BCUT2D eigenvalue weighted by atomic mass is 9.83. The predicted molar refractivity (Wildman–Crippen MR) is 136 cm³/mol. The molecule has 8 nitrogen and oxygen atoms in total. The number of anilines is 1. The fourth-order valence-electron chi connectivity index (χ4n) is 5.03. The number of nitrogens with one attached hydrogen (secondary N) is 1. The van der Waals surface area contributed by atoms with Crippen molar-refractivity contribution in [1.29, 1.82) is 0 Å². The van der Waals surface area contributed by atoms with Crippen LogP contribution in [0.1, 0.15) is 60.9 Å². The third kappa shape index (κ3) is 6.69. The number of alkyl halides is 3. The average molecular weight is 569 g/mol. The minimum atomic E-state index is -5.08. The van der Waals surface area contributed by atoms with Gasteiger partial charge in [0.25, 0.3) is 10.0 Å². The second-order valence-electron chi connectivity index (χ2n) is 9.08. The van der Waals surface area contributed by atoms with Crippen LogP contribution in [0, 0.1) is 0 Å². The van der Waals surface area contributed by atoms with E-state index in [0.717, 1.165) is 42.9 Å². The van der Waals surface area contributed by atoms with Crippen molar-refractivity contribution >= 4 is 32.7 Å². The molecule has 38 heavy (non-hydrogen) atoms. The summed E-state index contributed by atoms with van der Waals surface area (Å²) in [6.07, 6.45) is 3.01. The molecule has 0 saturated carbocycles. The average Bonchev–Trinajstić information content (AvgIpc) is 3.41. The lowest BCUT2D eigenvalue weighted by Crippen LogP contribution is -2.38. The normalized spacial score (nSPS) is 20.1. The zero-order valence-corrected chi connectivity index (χ0v) is 21.9. The third-order valence-electron chi connectivity index (χ3n) is 6.66. The van der Waals surface area contributed by atoms with E-state index in [0.29, 0.717) is 17.0 Å². The number of nitrogens with zero attached hydrogens (tertiary/aromatic N) is 3. The van der Waals surface area contributed by atoms with E-state index >= 15 is 0 Å². The highest BCUT2D eigenvalue weighted by atomic mass is 32.2. The molecule has 0 amide bonds. The molecule has 2 N–H and O–H groups in total. The van der Waals surface area contributed by atoms with Crippen LogP contribution >= 0.6 is 11.5 Å². The minimum Gasteiger partial charge on any atom is -0.475 e. The number of aromatic nitrogens is 2. The van der Waals surface area contributed by atoms with Crippen molar-refractivity contribution in [3.63, 3.8) is 0 Å². The van der Waals surface area contributed by atoms with E-state index in [2.05, 4.69) is 49.3 Å². The summed E-state index contributed by atoms with van der Waals surface area (Å²) in [4.78, 5) is 15.8. The van der Waals surface area contributed by atoms with Crippen LogP contribution in [0.5, 0.6) is 0 Å². The molecular formula is C25H27F3N4O4S2. The van der Waals surface area contributed by atoms with Gasteiger partial charge in [-0.05, 0) is 67.5 Å². The number of fused-ring (bicyclic) bond motifs is 1. The molecule has 1 aromatic heterocycles. The van der Waals surface area contributed by atoms with Crippen molar-refractivity contribution in [2.45, 2.75) is 61.7 Å². The van der Waals surface area contributed by atoms with Gasteiger partial charge in [0, 0.05) is 23.6 Å². The van der Waals surface area contributed by atoms with Gasteiger partial charge in [-0.15, -0.1) is 0 Å². The minimum absolute atomic E-state index is 0.287. The highest BCUT2D eigenvalue weighted by Gasteiger charge is 2.38. The molecule has 3 aromatic rings. The highest BCUT2D eigenvalue weighted by molar-refractivity contribution is 7.93. The number of aliphatic carboxylic acids is 1. The lowest BCUT2D eigenvalue weighted by Gasteiger charge is -2.44. The summed E-state index contributed by atoms with van der Waals surface area (Å²) in [5, 5.41) is 7.41. The van der Waals surface area contributed by atoms with Crippen LogP contribution in [0.4, 0.5) is 18.3 Å². The Hall–Kier alpha value is -3.03. The number of carboxylic acids is 1. The molecule has 2 aromatic carbocycles. The monoisotopic (exact) mass is 568 g/mol.